The molecule has 18 rings (SSSR count). The van der Waals surface area contributed by atoms with Crippen LogP contribution < -0.4 is 58.0 Å². The maximum Gasteiger partial charge on any atom is 0.357 e. The normalized spacial score (nSPS) is 10.4. The lowest BCUT2D eigenvalue weighted by atomic mass is 9.90. The van der Waals surface area contributed by atoms with Gasteiger partial charge in [0.25, 0.3) is 5.82 Å². The summed E-state index contributed by atoms with van der Waals surface area (Å²) in [7, 11) is 27.9. The van der Waals surface area contributed by atoms with Crippen molar-refractivity contribution in [1.82, 2.24) is 4.57 Å². The van der Waals surface area contributed by atoms with Crippen molar-refractivity contribution in [3.8, 4) is 45.3 Å². The predicted octanol–water partition coefficient (Wildman–Crippen LogP) is 24.7. The molecule has 0 saturated carbocycles. The quantitative estimate of drug-likeness (QED) is 0.0350. The van der Waals surface area contributed by atoms with Crippen LogP contribution in [0.15, 0.2) is 376 Å². The molecule has 1 aliphatic rings. The van der Waals surface area contributed by atoms with Crippen molar-refractivity contribution in [1.29, 1.82) is 0 Å². The van der Waals surface area contributed by atoms with Gasteiger partial charge in [0.15, 0.2) is 76.7 Å². The Bertz CT molecular complexity index is 5840. The van der Waals surface area contributed by atoms with E-state index in [1.165, 1.54) is 51.1 Å². The standard InChI is InChI=1S/C33H25N2.C19H15.C12H10I.C8H11N.5C7H3BF4.C7H7.5CH4/c1-6-16-26(17-7-1)31-32(27-18-8-2-9-19-27)35(30-24-14-5-15-25-30)33(28-20-10-3-11-21-28)34(31)29-22-12-4-13-23-29;1-4-10-16(11-5-1)19(17-12-6-2-7-13-17)18-14-8-3-9-15-18;1-3-7-11(8-4-1)13-12-9-5-2-6-10-12;1-9(2)8-6-4-3-5-7-8;5*1-2-4(9)6(11)3(8)7(12)5(2)10;1-2-4-6-7-5-3-1;;;;;/h1-25H;1-15H;1-10H;3-7H,1-2H3;5*1H3;1-7H;5*1H4/q3*+1;;5*-1;+1;;;;;/p+1. The SMILES string of the molecule is C.C.C.C.C.C1=C[CH+]C(=C(c2ccccc2)c2ccccc2)C=C1.C[NH+](C)c1ccccc1.[B-]c1c(F)c(F)c(C)c(F)c1F.[B-]c1c(F)c(F)c(C)c(F)c1F.[B-]c1c(F)c(F)c(C)c(F)c1F.[B-]c1c(F)c(F)c(C)c(F)c1F.[B-]c1c(F)c(F)c(C)c(F)c1F.c1ccc(-c2c(-c3ccccc3)[n+](-c3ccccc3)c(-c3ccccc3)n2-c2ccccc2)cc1.c1ccc([I+]c2ccccc2)cc1.c1ccc[cH+]cc1. The molecule has 0 atom stereocenters. The summed E-state index contributed by atoms with van der Waals surface area (Å²) in [5, 5.41) is 0. The summed E-state index contributed by atoms with van der Waals surface area (Å²) in [6, 6.07) is 120. The highest BCUT2D eigenvalue weighted by Gasteiger charge is 2.36. The van der Waals surface area contributed by atoms with Gasteiger partial charge in [0.1, 0.15) is 80.8 Å². The maximum absolute atomic E-state index is 12.6. The van der Waals surface area contributed by atoms with E-state index in [0.717, 1.165) is 68.8 Å². The molecule has 0 bridgehead atoms. The number of quaternary nitrogens is 1. The number of benzene rings is 15. The smallest absolute Gasteiger partial charge is 0.357 e. The Morgan fingerprint density at radius 1 is 0.284 bits per heavy atom. The number of rotatable bonds is 10. The number of hydrogen-bond donors (Lipinski definition) is 1. The van der Waals surface area contributed by atoms with E-state index in [9.17, 15) is 87.8 Å². The second-order valence-corrected chi connectivity index (χ2v) is 33.8. The molecule has 1 heterocycles. The Hall–Kier alpha value is -14.7. The van der Waals surface area contributed by atoms with Gasteiger partial charge in [0.05, 0.1) is 25.2 Å². The van der Waals surface area contributed by atoms with Crippen molar-refractivity contribution < 1.29 is 118 Å². The zero-order valence-corrected chi connectivity index (χ0v) is 79.7. The molecule has 0 unspecified atom stereocenters. The minimum absolute atomic E-state index is 0. The summed E-state index contributed by atoms with van der Waals surface area (Å²) >= 11 is 0.0287. The van der Waals surface area contributed by atoms with E-state index in [0.29, 0.717) is 0 Å². The second-order valence-electron chi connectivity index (χ2n) is 30.8. The molecule has 1 aliphatic carbocycles. The first-order valence-electron chi connectivity index (χ1n) is 43.3. The molecular weight excluding hydrogens is 2030 g/mol. The van der Waals surface area contributed by atoms with E-state index in [4.69, 9.17) is 39.2 Å². The van der Waals surface area contributed by atoms with Gasteiger partial charge in [-0.05, 0) is 132 Å². The molecule has 0 aliphatic heterocycles. The molecule has 0 saturated heterocycles. The van der Waals surface area contributed by atoms with Crippen LogP contribution in [-0.2, 0) is 0 Å². The highest BCUT2D eigenvalue weighted by atomic mass is 127. The maximum atomic E-state index is 12.6. The first kappa shape index (κ1) is 126. The van der Waals surface area contributed by atoms with Gasteiger partial charge >= 0.3 is 21.2 Å². The van der Waals surface area contributed by atoms with Crippen molar-refractivity contribution in [2.75, 3.05) is 14.1 Å². The van der Waals surface area contributed by atoms with Gasteiger partial charge in [-0.25, -0.2) is 115 Å². The molecule has 0 spiro atoms. The third-order valence-corrected chi connectivity index (χ3v) is 23.5. The minimum Gasteiger partial charge on any atom is -0.572 e. The monoisotopic (exact) mass is 2140 g/mol. The zero-order chi connectivity index (χ0) is 104. The third-order valence-electron chi connectivity index (χ3n) is 20.8. The van der Waals surface area contributed by atoms with Gasteiger partial charge in [-0.1, -0.05) is 243 Å². The molecule has 3 nitrogen and oxygen atoms in total. The topological polar surface area (TPSA) is 13.2 Å². The largest absolute Gasteiger partial charge is 0.572 e. The molecule has 15 radical (unpaired) electrons. The van der Waals surface area contributed by atoms with Crippen molar-refractivity contribution in [2.45, 2.75) is 71.8 Å². The molecular formula is C119H104B5F20IN3. The summed E-state index contributed by atoms with van der Waals surface area (Å²) in [6.07, 6.45) is 10.5. The molecule has 0 fully saturated rings. The van der Waals surface area contributed by atoms with Crippen LogP contribution in [0.2, 0.25) is 0 Å². The van der Waals surface area contributed by atoms with E-state index in [2.05, 4.69) is 351 Å². The summed E-state index contributed by atoms with van der Waals surface area (Å²) in [5.41, 5.74) is 5.22. The predicted molar refractivity (Wildman–Crippen MR) is 561 cm³/mol. The number of halogens is 21. The fourth-order valence-electron chi connectivity index (χ4n) is 13.2. The average Bonchev–Trinajstić information content (AvgIpc) is 1.57. The molecule has 0 amide bonds. The highest BCUT2D eigenvalue weighted by Crippen LogP contribution is 2.39. The van der Waals surface area contributed by atoms with Crippen LogP contribution in [0.4, 0.5) is 93.5 Å². The number of allylic oxidation sites excluding steroid dienone is 5. The molecule has 29 heteroatoms. The van der Waals surface area contributed by atoms with Crippen LogP contribution in [0, 0.1) is 165 Å². The number of para-hydroxylation sites is 3. The van der Waals surface area contributed by atoms with Crippen LogP contribution >= 0.6 is 0 Å². The first-order chi connectivity index (χ1) is 68.4. The van der Waals surface area contributed by atoms with Gasteiger partial charge < -0.3 is 44.1 Å². The Labute approximate surface area is 870 Å². The van der Waals surface area contributed by atoms with Crippen LogP contribution in [0.1, 0.15) is 76.1 Å². The molecule has 1 aromatic heterocycles. The summed E-state index contributed by atoms with van der Waals surface area (Å²) in [5.74, 6) is -28.9. The van der Waals surface area contributed by atoms with E-state index in [1.54, 1.807) is 0 Å². The molecule has 148 heavy (non-hydrogen) atoms. The lowest BCUT2D eigenvalue weighted by Crippen LogP contribution is -3.61. The van der Waals surface area contributed by atoms with Crippen LogP contribution in [-0.4, -0.2) is 57.9 Å². The minimum atomic E-state index is -1.55. The Morgan fingerprint density at radius 2 is 0.534 bits per heavy atom. The van der Waals surface area contributed by atoms with Crippen LogP contribution in [0.25, 0.3) is 50.9 Å². The second kappa shape index (κ2) is 61.7. The van der Waals surface area contributed by atoms with Gasteiger partial charge in [0, 0.05) is 123 Å². The van der Waals surface area contributed by atoms with Crippen molar-refractivity contribution in [3.05, 3.63) is 545 Å². The molecule has 16 aromatic carbocycles. The fraction of sp³-hybridized carbons (Fsp3) is 0.101. The van der Waals surface area contributed by atoms with Crippen LogP contribution in [0.3, 0.4) is 0 Å². The molecule has 17 aromatic rings. The van der Waals surface area contributed by atoms with E-state index < -0.39 is 171 Å². The summed E-state index contributed by atoms with van der Waals surface area (Å²) in [4.78, 5) is 1.37. The third kappa shape index (κ3) is 32.9. The van der Waals surface area contributed by atoms with Gasteiger partial charge in [-0.3, -0.25) is 0 Å². The van der Waals surface area contributed by atoms with E-state index in [-0.39, 0.29) is 58.3 Å². The van der Waals surface area contributed by atoms with Crippen LogP contribution in [0.5, 0.6) is 0 Å². The summed E-state index contributed by atoms with van der Waals surface area (Å²) < 4.78 is 259. The highest BCUT2D eigenvalue weighted by molar-refractivity contribution is 6.34. The summed E-state index contributed by atoms with van der Waals surface area (Å²) in [6.45, 7) is 4.63. The van der Waals surface area contributed by atoms with E-state index in [1.807, 2.05) is 48.5 Å². The number of aromatic nitrogens is 2. The fourth-order valence-corrected chi connectivity index (χ4v) is 15.4. The average molecular weight is 2140 g/mol. The molecule has 1 N–H and O–H groups in total. The van der Waals surface area contributed by atoms with Crippen molar-refractivity contribution in [3.63, 3.8) is 0 Å². The number of hydrogen-bond acceptors (Lipinski definition) is 0. The van der Waals surface area contributed by atoms with Crippen molar-refractivity contribution >= 4 is 77.8 Å². The Kier molecular flexibility index (Phi) is 52.3. The molecule has 757 valence electrons. The number of nitrogens with one attached hydrogen (secondary N) is 1. The van der Waals surface area contributed by atoms with E-state index >= 15 is 0 Å². The van der Waals surface area contributed by atoms with Gasteiger partial charge in [-0.2, -0.15) is 9.13 Å². The lowest BCUT2D eigenvalue weighted by molar-refractivity contribution is -0.786. The lowest BCUT2D eigenvalue weighted by Gasteiger charge is -2.13. The van der Waals surface area contributed by atoms with Gasteiger partial charge in [0.2, 0.25) is 0 Å². The number of nitrogens with zero attached hydrogens (tertiary/aromatic N) is 2. The first-order valence-corrected chi connectivity index (χ1v) is 45.5. The Morgan fingerprint density at radius 3 is 0.811 bits per heavy atom. The van der Waals surface area contributed by atoms with Gasteiger partial charge in [-0.15, -0.1) is 0 Å². The van der Waals surface area contributed by atoms with Crippen molar-refractivity contribution in [2.24, 2.45) is 0 Å². The zero-order valence-electron chi connectivity index (χ0n) is 77.5. The Balaban J connectivity index is 0.000000355. The number of imidazole rings is 1.